The lowest BCUT2D eigenvalue weighted by molar-refractivity contribution is 0.102. The Hall–Kier alpha value is -2.45. The molecule has 1 heterocycles. The van der Waals surface area contributed by atoms with Gasteiger partial charge < -0.3 is 5.32 Å². The number of nitrogens with zero attached hydrogens (tertiary/aromatic N) is 2. The van der Waals surface area contributed by atoms with E-state index in [0.29, 0.717) is 17.1 Å². The first-order chi connectivity index (χ1) is 9.49. The molecule has 0 saturated heterocycles. The smallest absolute Gasteiger partial charge is 0.272 e. The lowest BCUT2D eigenvalue weighted by Crippen LogP contribution is -2.14. The van der Waals surface area contributed by atoms with Crippen LogP contribution in [0.15, 0.2) is 30.3 Å². The number of aryl methyl sites for hydroxylation is 1. The van der Waals surface area contributed by atoms with Crippen molar-refractivity contribution in [2.24, 2.45) is 0 Å². The van der Waals surface area contributed by atoms with Gasteiger partial charge in [0.05, 0.1) is 11.6 Å². The van der Waals surface area contributed by atoms with Crippen LogP contribution >= 0.6 is 11.6 Å². The molecule has 0 radical (unpaired) electrons. The number of carbonyl (C=O) groups is 1. The van der Waals surface area contributed by atoms with Crippen molar-refractivity contribution in [2.75, 3.05) is 5.32 Å². The van der Waals surface area contributed by atoms with E-state index in [2.05, 4.69) is 15.1 Å². The van der Waals surface area contributed by atoms with Crippen LogP contribution in [0, 0.1) is 19.3 Å². The minimum Gasteiger partial charge on any atom is -0.321 e. The van der Waals surface area contributed by atoms with Crippen molar-refractivity contribution in [3.05, 3.63) is 64.0 Å². The summed E-state index contributed by atoms with van der Waals surface area (Å²) < 4.78 is 13.0. The molecule has 0 aliphatic heterocycles. The highest BCUT2D eigenvalue weighted by atomic mass is 35.5. The minimum absolute atomic E-state index is 0.0816. The van der Waals surface area contributed by atoms with Crippen LogP contribution in [-0.2, 0) is 0 Å². The lowest BCUT2D eigenvalue weighted by atomic mass is 10.2. The Morgan fingerprint density at radius 3 is 2.80 bits per heavy atom. The highest BCUT2D eigenvalue weighted by molar-refractivity contribution is 6.31. The van der Waals surface area contributed by atoms with Crippen LogP contribution in [0.3, 0.4) is 0 Å². The maximum absolute atomic E-state index is 13.0. The van der Waals surface area contributed by atoms with E-state index in [-0.39, 0.29) is 10.7 Å². The lowest BCUT2D eigenvalue weighted by Gasteiger charge is -2.06. The van der Waals surface area contributed by atoms with Gasteiger partial charge in [-0.15, -0.1) is 0 Å². The molecule has 1 amide bonds. The largest absolute Gasteiger partial charge is 0.321 e. The molecule has 0 bridgehead atoms. The Balaban J connectivity index is 2.26. The van der Waals surface area contributed by atoms with E-state index in [4.69, 9.17) is 18.2 Å². The summed E-state index contributed by atoms with van der Waals surface area (Å²) in [5.41, 5.74) is 1.38. The number of anilines is 1. The fourth-order valence-corrected chi connectivity index (χ4v) is 1.78. The maximum atomic E-state index is 13.0. The van der Waals surface area contributed by atoms with Crippen molar-refractivity contribution in [1.29, 1.82) is 0 Å². The van der Waals surface area contributed by atoms with Crippen LogP contribution in [0.25, 0.3) is 4.85 Å². The van der Waals surface area contributed by atoms with Crippen molar-refractivity contribution in [3.8, 4) is 0 Å². The highest BCUT2D eigenvalue weighted by Gasteiger charge is 2.11. The second-order valence-electron chi connectivity index (χ2n) is 4.05. The number of aromatic nitrogens is 1. The molecular weight excluding hydrogens is 281 g/mol. The summed E-state index contributed by atoms with van der Waals surface area (Å²) in [6, 6.07) is 6.83. The molecule has 2 aromatic rings. The van der Waals surface area contributed by atoms with Gasteiger partial charge in [0.1, 0.15) is 11.5 Å². The van der Waals surface area contributed by atoms with Crippen molar-refractivity contribution >= 4 is 28.9 Å². The van der Waals surface area contributed by atoms with Gasteiger partial charge in [0.15, 0.2) is 5.69 Å². The van der Waals surface area contributed by atoms with E-state index in [0.717, 1.165) is 6.07 Å². The summed E-state index contributed by atoms with van der Waals surface area (Å²) in [5, 5.41) is 2.47. The quantitative estimate of drug-likeness (QED) is 0.850. The summed E-state index contributed by atoms with van der Waals surface area (Å²) in [5.74, 6) is -1.05. The van der Waals surface area contributed by atoms with E-state index in [9.17, 15) is 9.18 Å². The Morgan fingerprint density at radius 1 is 1.40 bits per heavy atom. The molecule has 0 aliphatic carbocycles. The monoisotopic (exact) mass is 289 g/mol. The van der Waals surface area contributed by atoms with E-state index < -0.39 is 11.7 Å². The molecule has 0 unspecified atom stereocenters. The van der Waals surface area contributed by atoms with E-state index >= 15 is 0 Å². The van der Waals surface area contributed by atoms with Crippen LogP contribution in [0.5, 0.6) is 0 Å². The Labute approximate surface area is 120 Å². The number of nitrogens with one attached hydrogen (secondary N) is 1. The first kappa shape index (κ1) is 14.0. The van der Waals surface area contributed by atoms with E-state index in [1.807, 2.05) is 0 Å². The average molecular weight is 290 g/mol. The molecule has 0 saturated carbocycles. The minimum atomic E-state index is -0.561. The second kappa shape index (κ2) is 5.68. The topological polar surface area (TPSA) is 46.4 Å². The van der Waals surface area contributed by atoms with Crippen molar-refractivity contribution < 1.29 is 9.18 Å². The number of benzene rings is 1. The number of amides is 1. The zero-order valence-corrected chi connectivity index (χ0v) is 11.2. The molecule has 6 heteroatoms. The van der Waals surface area contributed by atoms with Crippen LogP contribution < -0.4 is 5.32 Å². The van der Waals surface area contributed by atoms with Gasteiger partial charge in [-0.05, 0) is 37.3 Å². The molecule has 2 rings (SSSR count). The zero-order chi connectivity index (χ0) is 14.7. The van der Waals surface area contributed by atoms with E-state index in [1.165, 1.54) is 18.2 Å². The van der Waals surface area contributed by atoms with Gasteiger partial charge in [-0.25, -0.2) is 9.24 Å². The fourth-order valence-electron chi connectivity index (χ4n) is 1.60. The number of hydrogen-bond donors (Lipinski definition) is 1. The summed E-state index contributed by atoms with van der Waals surface area (Å²) >= 11 is 5.63. The van der Waals surface area contributed by atoms with Gasteiger partial charge in [0.2, 0.25) is 0 Å². The van der Waals surface area contributed by atoms with Crippen LogP contribution in [0.4, 0.5) is 15.8 Å². The SMILES string of the molecule is [C-]#[N+]c1cc(C)nc(C(=O)Nc2ccc(F)c(Cl)c2)c1. The normalized spacial score (nSPS) is 9.90. The predicted octanol–water partition coefficient (Wildman–Crippen LogP) is 3.99. The van der Waals surface area contributed by atoms with Crippen molar-refractivity contribution in [2.45, 2.75) is 6.92 Å². The highest BCUT2D eigenvalue weighted by Crippen LogP contribution is 2.20. The van der Waals surface area contributed by atoms with Gasteiger partial charge in [0, 0.05) is 11.4 Å². The molecule has 0 spiro atoms. The van der Waals surface area contributed by atoms with Gasteiger partial charge >= 0.3 is 0 Å². The standard InChI is InChI=1S/C14H9ClFN3O/c1-8-5-10(17-2)7-13(18-8)14(20)19-9-3-4-12(16)11(15)6-9/h3-7H,1H3,(H,19,20). The first-order valence-corrected chi connectivity index (χ1v) is 6.00. The molecular formula is C14H9ClFN3O. The van der Waals surface area contributed by atoms with Crippen molar-refractivity contribution in [1.82, 2.24) is 4.98 Å². The molecule has 20 heavy (non-hydrogen) atoms. The fraction of sp³-hybridized carbons (Fsp3) is 0.0714. The predicted molar refractivity (Wildman–Crippen MR) is 74.6 cm³/mol. The van der Waals surface area contributed by atoms with Crippen LogP contribution in [0.2, 0.25) is 5.02 Å². The maximum Gasteiger partial charge on any atom is 0.272 e. The summed E-state index contributed by atoms with van der Waals surface area (Å²) in [6.45, 7) is 8.65. The third-order valence-corrected chi connectivity index (χ3v) is 2.77. The second-order valence-corrected chi connectivity index (χ2v) is 4.45. The summed E-state index contributed by atoms with van der Waals surface area (Å²) in [4.78, 5) is 19.3. The number of rotatable bonds is 2. The van der Waals surface area contributed by atoms with Gasteiger partial charge in [-0.1, -0.05) is 11.6 Å². The Kier molecular flexibility index (Phi) is 3.97. The van der Waals surface area contributed by atoms with Crippen LogP contribution in [0.1, 0.15) is 16.2 Å². The third kappa shape index (κ3) is 3.11. The Bertz CT molecular complexity index is 725. The van der Waals surface area contributed by atoms with E-state index in [1.54, 1.807) is 13.0 Å². The zero-order valence-electron chi connectivity index (χ0n) is 10.4. The first-order valence-electron chi connectivity index (χ1n) is 5.62. The number of carbonyl (C=O) groups excluding carboxylic acids is 1. The molecule has 100 valence electrons. The molecule has 1 aromatic heterocycles. The summed E-state index contributed by atoms with van der Waals surface area (Å²) in [6.07, 6.45) is 0. The third-order valence-electron chi connectivity index (χ3n) is 2.48. The summed E-state index contributed by atoms with van der Waals surface area (Å²) in [7, 11) is 0. The molecule has 0 atom stereocenters. The molecule has 0 aliphatic rings. The molecule has 4 nitrogen and oxygen atoms in total. The average Bonchev–Trinajstić information content (AvgIpc) is 2.42. The number of hydrogen-bond acceptors (Lipinski definition) is 2. The van der Waals surface area contributed by atoms with Gasteiger partial charge in [0.25, 0.3) is 5.91 Å². The van der Waals surface area contributed by atoms with Crippen molar-refractivity contribution in [3.63, 3.8) is 0 Å². The Morgan fingerprint density at radius 2 is 2.15 bits per heavy atom. The van der Waals surface area contributed by atoms with Gasteiger partial charge in [-0.3, -0.25) is 9.78 Å². The number of halogens is 2. The van der Waals surface area contributed by atoms with Crippen LogP contribution in [-0.4, -0.2) is 10.9 Å². The molecule has 1 N–H and O–H groups in total. The van der Waals surface area contributed by atoms with Gasteiger partial charge in [-0.2, -0.15) is 0 Å². The number of pyridine rings is 1. The molecule has 0 fully saturated rings. The molecule has 1 aromatic carbocycles.